The third kappa shape index (κ3) is 19.5. The highest BCUT2D eigenvalue weighted by Crippen LogP contribution is 2.46. The van der Waals surface area contributed by atoms with Crippen LogP contribution in [-0.4, -0.2) is 49.0 Å². The Morgan fingerprint density at radius 1 is 0.848 bits per heavy atom. The summed E-state index contributed by atoms with van der Waals surface area (Å²) >= 11 is 0. The number of rotatable bonds is 24. The molecule has 0 bridgehead atoms. The Balaban J connectivity index is 3.89. The fourth-order valence-corrected chi connectivity index (χ4v) is 4.35. The zero-order valence-corrected chi connectivity index (χ0v) is 22.5. The van der Waals surface area contributed by atoms with Gasteiger partial charge < -0.3 is 24.6 Å². The molecule has 0 fully saturated rings. The highest BCUT2D eigenvalue weighted by atomic mass is 31.2. The van der Waals surface area contributed by atoms with Gasteiger partial charge >= 0.3 is 13.6 Å². The SMILES string of the molecule is CCCCCCCCCCCCCCCOCC(COP(=O)(O)C(C)CN)OC(=O)CCC. The summed E-state index contributed by atoms with van der Waals surface area (Å²) in [5, 5.41) is 0. The lowest BCUT2D eigenvalue weighted by Crippen LogP contribution is -2.29. The van der Waals surface area contributed by atoms with E-state index in [0.29, 0.717) is 19.4 Å². The molecule has 0 radical (unpaired) electrons. The zero-order valence-electron chi connectivity index (χ0n) is 21.6. The van der Waals surface area contributed by atoms with Crippen LogP contribution in [0.1, 0.15) is 117 Å². The first-order chi connectivity index (χ1) is 15.9. The van der Waals surface area contributed by atoms with Crippen molar-refractivity contribution in [2.24, 2.45) is 5.73 Å². The van der Waals surface area contributed by atoms with Crippen LogP contribution in [0.15, 0.2) is 0 Å². The molecule has 198 valence electrons. The molecule has 0 aromatic heterocycles. The van der Waals surface area contributed by atoms with Crippen molar-refractivity contribution in [2.75, 3.05) is 26.4 Å². The molecule has 0 aliphatic heterocycles. The molecule has 3 N–H and O–H groups in total. The van der Waals surface area contributed by atoms with E-state index < -0.39 is 19.4 Å². The molecule has 8 heteroatoms. The van der Waals surface area contributed by atoms with E-state index in [-0.39, 0.29) is 25.7 Å². The molecule has 0 heterocycles. The van der Waals surface area contributed by atoms with Crippen molar-refractivity contribution >= 4 is 13.6 Å². The summed E-state index contributed by atoms with van der Waals surface area (Å²) in [6, 6.07) is 0. The van der Waals surface area contributed by atoms with Gasteiger partial charge in [-0.05, 0) is 19.8 Å². The quantitative estimate of drug-likeness (QED) is 0.0915. The van der Waals surface area contributed by atoms with Crippen LogP contribution in [0.3, 0.4) is 0 Å². The van der Waals surface area contributed by atoms with E-state index in [4.69, 9.17) is 19.7 Å². The van der Waals surface area contributed by atoms with E-state index in [0.717, 1.165) is 12.8 Å². The van der Waals surface area contributed by atoms with Gasteiger partial charge in [0.2, 0.25) is 0 Å². The van der Waals surface area contributed by atoms with Crippen LogP contribution in [-0.2, 0) is 23.4 Å². The minimum absolute atomic E-state index is 0.0453. The van der Waals surface area contributed by atoms with Gasteiger partial charge in [0.1, 0.15) is 6.10 Å². The fraction of sp³-hybridized carbons (Fsp3) is 0.960. The molecule has 0 spiro atoms. The van der Waals surface area contributed by atoms with Crippen LogP contribution in [0, 0.1) is 0 Å². The fourth-order valence-electron chi connectivity index (χ4n) is 3.45. The van der Waals surface area contributed by atoms with Crippen molar-refractivity contribution < 1.29 is 28.3 Å². The number of carbonyl (C=O) groups excluding carboxylic acids is 1. The summed E-state index contributed by atoms with van der Waals surface area (Å²) in [4.78, 5) is 21.8. The van der Waals surface area contributed by atoms with Gasteiger partial charge in [-0.2, -0.15) is 0 Å². The van der Waals surface area contributed by atoms with Crippen LogP contribution < -0.4 is 5.73 Å². The van der Waals surface area contributed by atoms with E-state index in [1.54, 1.807) is 6.92 Å². The number of nitrogens with two attached hydrogens (primary N) is 1. The van der Waals surface area contributed by atoms with Gasteiger partial charge in [-0.3, -0.25) is 9.36 Å². The molecule has 0 rings (SSSR count). The molecular weight excluding hydrogens is 441 g/mol. The normalized spacial score (nSPS) is 15.2. The van der Waals surface area contributed by atoms with Gasteiger partial charge in [0.05, 0.1) is 18.9 Å². The first-order valence-electron chi connectivity index (χ1n) is 13.3. The number of hydrogen-bond donors (Lipinski definition) is 2. The van der Waals surface area contributed by atoms with Crippen molar-refractivity contribution in [3.63, 3.8) is 0 Å². The second-order valence-electron chi connectivity index (χ2n) is 9.12. The lowest BCUT2D eigenvalue weighted by molar-refractivity contribution is -0.154. The molecule has 0 saturated heterocycles. The van der Waals surface area contributed by atoms with Crippen molar-refractivity contribution in [1.29, 1.82) is 0 Å². The van der Waals surface area contributed by atoms with E-state index >= 15 is 0 Å². The Labute approximate surface area is 203 Å². The first kappa shape index (κ1) is 32.5. The maximum Gasteiger partial charge on any atom is 0.332 e. The highest BCUT2D eigenvalue weighted by Gasteiger charge is 2.29. The molecule has 0 saturated carbocycles. The second kappa shape index (κ2) is 22.0. The molecule has 0 aliphatic rings. The van der Waals surface area contributed by atoms with Crippen LogP contribution >= 0.6 is 7.60 Å². The summed E-state index contributed by atoms with van der Waals surface area (Å²) in [5.74, 6) is -0.352. The standard InChI is InChI=1S/C25H52NO6P/c1-4-6-7-8-9-10-11-12-13-14-15-16-17-19-30-21-24(32-25(27)18-5-2)22-31-33(28,29)23(3)20-26/h23-24H,4-22,26H2,1-3H3,(H,28,29). The molecule has 0 aromatic carbocycles. The number of carbonyl (C=O) groups is 1. The molecule has 0 aromatic rings. The van der Waals surface area contributed by atoms with Crippen LogP contribution in [0.4, 0.5) is 0 Å². The maximum absolute atomic E-state index is 12.1. The smallest absolute Gasteiger partial charge is 0.332 e. The third-order valence-electron chi connectivity index (χ3n) is 5.79. The Morgan fingerprint density at radius 2 is 1.36 bits per heavy atom. The molecule has 0 aliphatic carbocycles. The van der Waals surface area contributed by atoms with Gasteiger partial charge in [-0.1, -0.05) is 90.9 Å². The van der Waals surface area contributed by atoms with Crippen molar-refractivity contribution in [3.05, 3.63) is 0 Å². The van der Waals surface area contributed by atoms with Crippen LogP contribution in [0.2, 0.25) is 0 Å². The first-order valence-corrected chi connectivity index (χ1v) is 15.0. The monoisotopic (exact) mass is 493 g/mol. The summed E-state index contributed by atoms with van der Waals surface area (Å²) in [7, 11) is -3.84. The van der Waals surface area contributed by atoms with E-state index in [9.17, 15) is 14.3 Å². The summed E-state index contributed by atoms with van der Waals surface area (Å²) < 4.78 is 28.4. The van der Waals surface area contributed by atoms with E-state index in [1.165, 1.54) is 70.6 Å². The van der Waals surface area contributed by atoms with Crippen molar-refractivity contribution in [3.8, 4) is 0 Å². The van der Waals surface area contributed by atoms with Crippen molar-refractivity contribution in [1.82, 2.24) is 0 Å². The highest BCUT2D eigenvalue weighted by molar-refractivity contribution is 7.53. The zero-order chi connectivity index (χ0) is 24.8. The molecule has 7 nitrogen and oxygen atoms in total. The number of hydrogen-bond acceptors (Lipinski definition) is 6. The molecule has 0 amide bonds. The van der Waals surface area contributed by atoms with Gasteiger partial charge in [0.25, 0.3) is 0 Å². The summed E-state index contributed by atoms with van der Waals surface area (Å²) in [6.45, 7) is 6.31. The minimum atomic E-state index is -3.84. The Morgan fingerprint density at radius 3 is 1.85 bits per heavy atom. The number of esters is 1. The lowest BCUT2D eigenvalue weighted by Gasteiger charge is -2.22. The maximum atomic E-state index is 12.1. The topological polar surface area (TPSA) is 108 Å². The van der Waals surface area contributed by atoms with Gasteiger partial charge in [-0.25, -0.2) is 0 Å². The predicted octanol–water partition coefficient (Wildman–Crippen LogP) is 6.36. The average Bonchev–Trinajstić information content (AvgIpc) is 2.79. The van der Waals surface area contributed by atoms with Crippen LogP contribution in [0.25, 0.3) is 0 Å². The Kier molecular flexibility index (Phi) is 21.7. The molecule has 3 unspecified atom stereocenters. The van der Waals surface area contributed by atoms with Crippen molar-refractivity contribution in [2.45, 2.75) is 129 Å². The van der Waals surface area contributed by atoms with Gasteiger partial charge in [0, 0.05) is 19.6 Å². The summed E-state index contributed by atoms with van der Waals surface area (Å²) in [5.41, 5.74) is 4.79. The minimum Gasteiger partial charge on any atom is -0.457 e. The molecule has 33 heavy (non-hydrogen) atoms. The average molecular weight is 494 g/mol. The second-order valence-corrected chi connectivity index (χ2v) is 11.4. The number of unbranched alkanes of at least 4 members (excludes halogenated alkanes) is 12. The Hall–Kier alpha value is -0.460. The van der Waals surface area contributed by atoms with Gasteiger partial charge in [0.15, 0.2) is 0 Å². The third-order valence-corrected chi connectivity index (χ3v) is 7.64. The molecule has 3 atom stereocenters. The van der Waals surface area contributed by atoms with E-state index in [2.05, 4.69) is 6.92 Å². The summed E-state index contributed by atoms with van der Waals surface area (Å²) in [6.07, 6.45) is 17.1. The predicted molar refractivity (Wildman–Crippen MR) is 136 cm³/mol. The Bertz CT molecular complexity index is 505. The van der Waals surface area contributed by atoms with E-state index in [1.807, 2.05) is 6.92 Å². The molecular formula is C25H52NO6P. The largest absolute Gasteiger partial charge is 0.457 e. The van der Waals surface area contributed by atoms with Gasteiger partial charge in [-0.15, -0.1) is 0 Å². The number of ether oxygens (including phenoxy) is 2. The lowest BCUT2D eigenvalue weighted by atomic mass is 10.0. The van der Waals surface area contributed by atoms with Crippen LogP contribution in [0.5, 0.6) is 0 Å².